The molecule has 0 aliphatic heterocycles. The molecule has 7 heteroatoms. The number of nitrogens with zero attached hydrogens (tertiary/aromatic N) is 2. The van der Waals surface area contributed by atoms with Gasteiger partial charge in [-0.05, 0) is 13.0 Å². The van der Waals surface area contributed by atoms with Gasteiger partial charge < -0.3 is 15.2 Å². The number of aliphatic hydroxyl groups excluding tert-OH is 1. The number of hydrogen-bond acceptors (Lipinski definition) is 6. The van der Waals surface area contributed by atoms with Gasteiger partial charge in [-0.2, -0.15) is 0 Å². The Morgan fingerprint density at radius 3 is 2.94 bits per heavy atom. The number of pyridine rings is 1. The van der Waals surface area contributed by atoms with E-state index in [-0.39, 0.29) is 12.3 Å². The van der Waals surface area contributed by atoms with Crippen molar-refractivity contribution in [2.75, 3.05) is 31.7 Å². The maximum absolute atomic E-state index is 10.6. The van der Waals surface area contributed by atoms with Gasteiger partial charge in [-0.3, -0.25) is 10.1 Å². The van der Waals surface area contributed by atoms with Gasteiger partial charge in [-0.15, -0.1) is 0 Å². The molecule has 0 saturated heterocycles. The van der Waals surface area contributed by atoms with Crippen LogP contribution >= 0.6 is 0 Å². The molecular formula is C10H15N3O4. The highest BCUT2D eigenvalue weighted by molar-refractivity contribution is 5.46. The van der Waals surface area contributed by atoms with E-state index in [9.17, 15) is 10.1 Å². The third-order valence-electron chi connectivity index (χ3n) is 2.07. The first-order valence-electron chi connectivity index (χ1n) is 5.18. The fourth-order valence-electron chi connectivity index (χ4n) is 1.25. The molecule has 17 heavy (non-hydrogen) atoms. The van der Waals surface area contributed by atoms with E-state index in [1.54, 1.807) is 13.0 Å². The number of aliphatic hydroxyl groups is 1. The average molecular weight is 241 g/mol. The van der Waals surface area contributed by atoms with Crippen LogP contribution in [0.5, 0.6) is 0 Å². The Bertz CT molecular complexity index is 384. The molecule has 0 bridgehead atoms. The maximum Gasteiger partial charge on any atom is 0.290 e. The second-order valence-electron chi connectivity index (χ2n) is 3.38. The zero-order valence-corrected chi connectivity index (χ0v) is 9.55. The summed E-state index contributed by atoms with van der Waals surface area (Å²) in [5.74, 6) is 0.570. The van der Waals surface area contributed by atoms with Crippen molar-refractivity contribution in [2.45, 2.75) is 6.92 Å². The van der Waals surface area contributed by atoms with Crippen LogP contribution in [0.25, 0.3) is 0 Å². The number of aromatic nitrogens is 1. The van der Waals surface area contributed by atoms with Crippen LogP contribution in [-0.2, 0) is 4.74 Å². The molecular weight excluding hydrogens is 226 g/mol. The quantitative estimate of drug-likeness (QED) is 0.414. The van der Waals surface area contributed by atoms with Gasteiger partial charge in [0.25, 0.3) is 5.69 Å². The summed E-state index contributed by atoms with van der Waals surface area (Å²) in [6.07, 6.45) is 1.23. The highest BCUT2D eigenvalue weighted by atomic mass is 16.6. The number of hydrogen-bond donors (Lipinski definition) is 2. The average Bonchev–Trinajstić information content (AvgIpc) is 2.28. The first-order valence-corrected chi connectivity index (χ1v) is 5.18. The molecule has 0 saturated carbocycles. The largest absolute Gasteiger partial charge is 0.394 e. The lowest BCUT2D eigenvalue weighted by molar-refractivity contribution is -0.385. The molecule has 0 amide bonds. The van der Waals surface area contributed by atoms with Crippen LogP contribution in [0, 0.1) is 17.0 Å². The van der Waals surface area contributed by atoms with Crippen LogP contribution in [-0.4, -0.2) is 41.4 Å². The Labute approximate surface area is 98.6 Å². The first kappa shape index (κ1) is 13.3. The lowest BCUT2D eigenvalue weighted by Gasteiger charge is -2.06. The van der Waals surface area contributed by atoms with Crippen molar-refractivity contribution < 1.29 is 14.8 Å². The van der Waals surface area contributed by atoms with Crippen molar-refractivity contribution >= 4 is 11.5 Å². The Kier molecular flexibility index (Phi) is 5.31. The van der Waals surface area contributed by atoms with Gasteiger partial charge >= 0.3 is 0 Å². The van der Waals surface area contributed by atoms with Gasteiger partial charge in [0.15, 0.2) is 0 Å². The van der Waals surface area contributed by atoms with Crippen LogP contribution < -0.4 is 5.32 Å². The van der Waals surface area contributed by atoms with E-state index in [0.29, 0.717) is 31.1 Å². The van der Waals surface area contributed by atoms with Crippen molar-refractivity contribution in [3.63, 3.8) is 0 Å². The molecule has 2 N–H and O–H groups in total. The SMILES string of the molecule is Cc1cc(NCCOCCO)ncc1[N+](=O)[O-]. The number of nitro groups is 1. The number of aryl methyl sites for hydroxylation is 1. The van der Waals surface area contributed by atoms with E-state index in [0.717, 1.165) is 0 Å². The summed E-state index contributed by atoms with van der Waals surface area (Å²) in [5.41, 5.74) is 0.566. The molecule has 94 valence electrons. The Hall–Kier alpha value is -1.73. The van der Waals surface area contributed by atoms with E-state index in [1.165, 1.54) is 6.20 Å². The fraction of sp³-hybridized carbons (Fsp3) is 0.500. The van der Waals surface area contributed by atoms with E-state index in [2.05, 4.69) is 10.3 Å². The van der Waals surface area contributed by atoms with Gasteiger partial charge in [-0.1, -0.05) is 0 Å². The lowest BCUT2D eigenvalue weighted by Crippen LogP contribution is -2.12. The molecule has 0 fully saturated rings. The van der Waals surface area contributed by atoms with Crippen LogP contribution in [0.1, 0.15) is 5.56 Å². The predicted octanol–water partition coefficient (Wildman–Crippen LogP) is 0.719. The van der Waals surface area contributed by atoms with Crippen molar-refractivity contribution in [3.8, 4) is 0 Å². The highest BCUT2D eigenvalue weighted by Crippen LogP contribution is 2.18. The summed E-state index contributed by atoms with van der Waals surface area (Å²) in [6.45, 7) is 2.93. The Morgan fingerprint density at radius 1 is 1.59 bits per heavy atom. The minimum absolute atomic E-state index is 0.00507. The van der Waals surface area contributed by atoms with E-state index in [1.807, 2.05) is 0 Å². The first-order chi connectivity index (χ1) is 8.15. The van der Waals surface area contributed by atoms with Gasteiger partial charge in [-0.25, -0.2) is 4.98 Å². The lowest BCUT2D eigenvalue weighted by atomic mass is 10.2. The second-order valence-corrected chi connectivity index (χ2v) is 3.38. The summed E-state index contributed by atoms with van der Waals surface area (Å²) in [5, 5.41) is 22.0. The molecule has 1 aromatic heterocycles. The Morgan fingerprint density at radius 2 is 2.35 bits per heavy atom. The van der Waals surface area contributed by atoms with Crippen molar-refractivity contribution in [2.24, 2.45) is 0 Å². The van der Waals surface area contributed by atoms with E-state index >= 15 is 0 Å². The topological polar surface area (TPSA) is 97.5 Å². The highest BCUT2D eigenvalue weighted by Gasteiger charge is 2.10. The van der Waals surface area contributed by atoms with Crippen LogP contribution in [0.4, 0.5) is 11.5 Å². The van der Waals surface area contributed by atoms with Gasteiger partial charge in [0.2, 0.25) is 0 Å². The summed E-state index contributed by atoms with van der Waals surface area (Å²) in [6, 6.07) is 1.62. The third-order valence-corrected chi connectivity index (χ3v) is 2.07. The minimum Gasteiger partial charge on any atom is -0.394 e. The Balaban J connectivity index is 2.45. The minimum atomic E-state index is -0.462. The molecule has 7 nitrogen and oxygen atoms in total. The molecule has 0 unspecified atom stereocenters. The second kappa shape index (κ2) is 6.77. The monoisotopic (exact) mass is 241 g/mol. The van der Waals surface area contributed by atoms with Crippen molar-refractivity contribution in [1.29, 1.82) is 0 Å². The number of ether oxygens (including phenoxy) is 1. The van der Waals surface area contributed by atoms with Gasteiger partial charge in [0.05, 0.1) is 24.7 Å². The van der Waals surface area contributed by atoms with Crippen LogP contribution in [0.2, 0.25) is 0 Å². The molecule has 0 radical (unpaired) electrons. The fourth-order valence-corrected chi connectivity index (χ4v) is 1.25. The van der Waals surface area contributed by atoms with Crippen molar-refractivity contribution in [1.82, 2.24) is 4.98 Å². The summed E-state index contributed by atoms with van der Waals surface area (Å²) < 4.78 is 5.05. The summed E-state index contributed by atoms with van der Waals surface area (Å²) in [7, 11) is 0. The molecule has 0 atom stereocenters. The molecule has 1 heterocycles. The summed E-state index contributed by atoms with van der Waals surface area (Å²) in [4.78, 5) is 14.0. The van der Waals surface area contributed by atoms with Gasteiger partial charge in [0, 0.05) is 12.1 Å². The van der Waals surface area contributed by atoms with E-state index < -0.39 is 4.92 Å². The van der Waals surface area contributed by atoms with Crippen LogP contribution in [0.15, 0.2) is 12.3 Å². The van der Waals surface area contributed by atoms with Crippen LogP contribution in [0.3, 0.4) is 0 Å². The molecule has 0 aromatic carbocycles. The molecule has 1 rings (SSSR count). The zero-order chi connectivity index (χ0) is 12.7. The number of nitrogens with one attached hydrogen (secondary N) is 1. The smallest absolute Gasteiger partial charge is 0.290 e. The molecule has 0 aliphatic rings. The predicted molar refractivity (Wildman–Crippen MR) is 62.0 cm³/mol. The molecule has 0 aliphatic carbocycles. The maximum atomic E-state index is 10.6. The van der Waals surface area contributed by atoms with Crippen molar-refractivity contribution in [3.05, 3.63) is 27.9 Å². The normalized spacial score (nSPS) is 10.2. The standard InChI is InChI=1S/C10H15N3O4/c1-8-6-10(11-2-4-17-5-3-14)12-7-9(8)13(15)16/h6-7,14H,2-5H2,1H3,(H,11,12). The molecule has 1 aromatic rings. The number of rotatable bonds is 7. The van der Waals surface area contributed by atoms with Gasteiger partial charge in [0.1, 0.15) is 12.0 Å². The third kappa shape index (κ3) is 4.33. The summed E-state index contributed by atoms with van der Waals surface area (Å²) >= 11 is 0. The van der Waals surface area contributed by atoms with E-state index in [4.69, 9.17) is 9.84 Å². The zero-order valence-electron chi connectivity index (χ0n) is 9.55. The number of anilines is 1. The molecule has 0 spiro atoms.